The summed E-state index contributed by atoms with van der Waals surface area (Å²) in [5.41, 5.74) is 0.724. The molecule has 1 aromatic rings. The molecule has 3 heteroatoms. The van der Waals surface area contributed by atoms with E-state index in [4.69, 9.17) is 0 Å². The van der Waals surface area contributed by atoms with Crippen LogP contribution in [0.5, 0.6) is 0 Å². The van der Waals surface area contributed by atoms with Gasteiger partial charge in [-0.15, -0.1) is 0 Å². The predicted octanol–water partition coefficient (Wildman–Crippen LogP) is 3.18. The summed E-state index contributed by atoms with van der Waals surface area (Å²) in [6, 6.07) is 9.12. The van der Waals surface area contributed by atoms with Gasteiger partial charge in [0, 0.05) is 0 Å². The summed E-state index contributed by atoms with van der Waals surface area (Å²) in [7, 11) is 0. The Morgan fingerprint density at radius 2 is 1.94 bits per heavy atom. The van der Waals surface area contributed by atoms with Crippen molar-refractivity contribution in [1.29, 1.82) is 0 Å². The number of benzene rings is 1. The molecule has 1 aromatic carbocycles. The van der Waals surface area contributed by atoms with E-state index >= 15 is 0 Å². The summed E-state index contributed by atoms with van der Waals surface area (Å²) in [6.45, 7) is 1.87. The van der Waals surface area contributed by atoms with Gasteiger partial charge < -0.3 is 5.11 Å². The molecule has 1 N–H and O–H groups in total. The van der Waals surface area contributed by atoms with E-state index in [1.54, 1.807) is 24.3 Å². The fraction of sp³-hybridized carbons (Fsp3) is 0.214. The van der Waals surface area contributed by atoms with Crippen molar-refractivity contribution in [3.63, 3.8) is 0 Å². The van der Waals surface area contributed by atoms with Crippen LogP contribution in [0.25, 0.3) is 0 Å². The Morgan fingerprint density at radius 1 is 1.29 bits per heavy atom. The van der Waals surface area contributed by atoms with E-state index in [1.807, 2.05) is 31.2 Å². The number of alkyl halides is 1. The number of hydrogen-bond donors (Lipinski definition) is 1. The Kier molecular flexibility index (Phi) is 5.87. The van der Waals surface area contributed by atoms with Crippen molar-refractivity contribution < 1.29 is 9.90 Å². The number of allylic oxidation sites excluding steroid dienone is 4. The van der Waals surface area contributed by atoms with E-state index in [2.05, 4.69) is 15.9 Å². The first kappa shape index (κ1) is 13.9. The molecule has 0 saturated carbocycles. The molecule has 2 nitrogen and oxygen atoms in total. The summed E-state index contributed by atoms with van der Waals surface area (Å²) < 4.78 is 0. The van der Waals surface area contributed by atoms with Gasteiger partial charge >= 0.3 is 0 Å². The second-order valence-corrected chi connectivity index (χ2v) is 4.53. The Morgan fingerprint density at radius 3 is 2.53 bits per heavy atom. The molecule has 0 unspecified atom stereocenters. The van der Waals surface area contributed by atoms with Crippen LogP contribution >= 0.6 is 15.9 Å². The molecule has 0 aliphatic carbocycles. The maximum Gasteiger partial charge on any atom is 0.172 e. The van der Waals surface area contributed by atoms with Crippen LogP contribution in [0, 0.1) is 0 Å². The predicted molar refractivity (Wildman–Crippen MR) is 73.1 cm³/mol. The first-order valence-corrected chi connectivity index (χ1v) is 6.28. The summed E-state index contributed by atoms with van der Waals surface area (Å²) in [5.74, 6) is -0.153. The van der Waals surface area contributed by atoms with Crippen LogP contribution in [0.15, 0.2) is 54.6 Å². The van der Waals surface area contributed by atoms with Gasteiger partial charge in [-0.3, -0.25) is 4.79 Å². The van der Waals surface area contributed by atoms with Gasteiger partial charge in [-0.1, -0.05) is 64.5 Å². The lowest BCUT2D eigenvalue weighted by Gasteiger charge is -2.14. The second-order valence-electron chi connectivity index (χ2n) is 3.54. The largest absolute Gasteiger partial charge is 0.387 e. The number of ketones is 1. The maximum atomic E-state index is 11.7. The topological polar surface area (TPSA) is 37.3 Å². The number of rotatable bonds is 5. The van der Waals surface area contributed by atoms with Crippen molar-refractivity contribution >= 4 is 21.7 Å². The minimum Gasteiger partial charge on any atom is -0.387 e. The van der Waals surface area contributed by atoms with E-state index in [9.17, 15) is 9.90 Å². The Hall–Kier alpha value is -1.19. The number of carbonyl (C=O) groups excluding carboxylic acids is 1. The Labute approximate surface area is 110 Å². The normalized spacial score (nSPS) is 15.2. The zero-order chi connectivity index (χ0) is 12.7. The molecule has 0 fully saturated rings. The highest BCUT2D eigenvalue weighted by atomic mass is 79.9. The van der Waals surface area contributed by atoms with Crippen LogP contribution in [0.1, 0.15) is 18.6 Å². The molecular weight excluding hydrogens is 280 g/mol. The molecule has 17 heavy (non-hydrogen) atoms. The molecular formula is C14H15BrO2. The maximum absolute atomic E-state index is 11.7. The van der Waals surface area contributed by atoms with Gasteiger partial charge in [0.15, 0.2) is 5.78 Å². The quantitative estimate of drug-likeness (QED) is 0.514. The average molecular weight is 295 g/mol. The van der Waals surface area contributed by atoms with Gasteiger partial charge in [-0.2, -0.15) is 0 Å². The van der Waals surface area contributed by atoms with Crippen molar-refractivity contribution in [3.8, 4) is 0 Å². The molecule has 0 aliphatic rings. The summed E-state index contributed by atoms with van der Waals surface area (Å²) in [5, 5.41) is 10.00. The third-order valence-electron chi connectivity index (χ3n) is 2.25. The van der Waals surface area contributed by atoms with Crippen LogP contribution in [-0.4, -0.2) is 15.7 Å². The fourth-order valence-electron chi connectivity index (χ4n) is 1.33. The lowest BCUT2D eigenvalue weighted by atomic mass is 10.0. The molecule has 0 amide bonds. The Balaban J connectivity index is 2.70. The molecule has 0 bridgehead atoms. The minimum atomic E-state index is -0.834. The monoisotopic (exact) mass is 294 g/mol. The number of halogens is 1. The first-order valence-electron chi connectivity index (χ1n) is 5.37. The van der Waals surface area contributed by atoms with Gasteiger partial charge in [0.2, 0.25) is 0 Å². The zero-order valence-corrected chi connectivity index (χ0v) is 11.2. The van der Waals surface area contributed by atoms with Crippen molar-refractivity contribution in [2.45, 2.75) is 17.9 Å². The third-order valence-corrected chi connectivity index (χ3v) is 3.21. The van der Waals surface area contributed by atoms with Crippen LogP contribution in [0.2, 0.25) is 0 Å². The lowest BCUT2D eigenvalue weighted by Crippen LogP contribution is -2.20. The number of hydrogen-bond acceptors (Lipinski definition) is 2. The van der Waals surface area contributed by atoms with E-state index in [1.165, 1.54) is 6.08 Å². The van der Waals surface area contributed by atoms with Gasteiger partial charge in [-0.05, 0) is 18.6 Å². The zero-order valence-electron chi connectivity index (χ0n) is 9.58. The molecule has 0 heterocycles. The van der Waals surface area contributed by atoms with Crippen molar-refractivity contribution in [2.24, 2.45) is 0 Å². The molecule has 0 radical (unpaired) electrons. The highest BCUT2D eigenvalue weighted by molar-refractivity contribution is 9.10. The minimum absolute atomic E-state index is 0.153. The highest BCUT2D eigenvalue weighted by Gasteiger charge is 2.22. The van der Waals surface area contributed by atoms with Gasteiger partial charge in [0.1, 0.15) is 4.83 Å². The smallest absolute Gasteiger partial charge is 0.172 e. The molecule has 0 saturated heterocycles. The van der Waals surface area contributed by atoms with E-state index < -0.39 is 10.9 Å². The molecule has 1 rings (SSSR count). The van der Waals surface area contributed by atoms with E-state index in [0.717, 1.165) is 5.56 Å². The number of aliphatic hydroxyl groups is 1. The van der Waals surface area contributed by atoms with E-state index in [-0.39, 0.29) is 5.78 Å². The fourth-order valence-corrected chi connectivity index (χ4v) is 1.79. The van der Waals surface area contributed by atoms with Crippen LogP contribution in [0.4, 0.5) is 0 Å². The molecule has 90 valence electrons. The second kappa shape index (κ2) is 7.20. The number of carbonyl (C=O) groups is 1. The molecule has 0 aliphatic heterocycles. The van der Waals surface area contributed by atoms with Crippen molar-refractivity contribution in [2.75, 3.05) is 0 Å². The standard InChI is InChI=1S/C14H15BrO2/c1-2-3-5-10-12(16)13(15)14(17)11-8-6-4-7-9-11/h2-10,13-14,17H,1H3/b3-2+,10-5+/t13-,14+/m0/s1. The molecule has 0 aromatic heterocycles. The van der Waals surface area contributed by atoms with Crippen molar-refractivity contribution in [1.82, 2.24) is 0 Å². The highest BCUT2D eigenvalue weighted by Crippen LogP contribution is 2.23. The summed E-state index contributed by atoms with van der Waals surface area (Å²) in [4.78, 5) is 11.1. The molecule has 0 spiro atoms. The average Bonchev–Trinajstić information content (AvgIpc) is 2.38. The summed E-state index contributed by atoms with van der Waals surface area (Å²) in [6.07, 6.45) is 5.88. The lowest BCUT2D eigenvalue weighted by molar-refractivity contribution is -0.115. The van der Waals surface area contributed by atoms with Gasteiger partial charge in [-0.25, -0.2) is 0 Å². The van der Waals surface area contributed by atoms with E-state index in [0.29, 0.717) is 0 Å². The SMILES string of the molecule is C/C=C/C=C/C(=O)[C@H](Br)[C@H](O)c1ccccc1. The van der Waals surface area contributed by atoms with Crippen LogP contribution < -0.4 is 0 Å². The number of aliphatic hydroxyl groups excluding tert-OH is 1. The first-order chi connectivity index (χ1) is 8.16. The van der Waals surface area contributed by atoms with Gasteiger partial charge in [0.25, 0.3) is 0 Å². The van der Waals surface area contributed by atoms with Gasteiger partial charge in [0.05, 0.1) is 6.10 Å². The summed E-state index contributed by atoms with van der Waals surface area (Å²) >= 11 is 3.22. The third kappa shape index (κ3) is 4.29. The molecule has 2 atom stereocenters. The van der Waals surface area contributed by atoms with Crippen molar-refractivity contribution in [3.05, 3.63) is 60.2 Å². The van der Waals surface area contributed by atoms with Crippen LogP contribution in [-0.2, 0) is 4.79 Å². The Bertz CT molecular complexity index is 409. The van der Waals surface area contributed by atoms with Crippen LogP contribution in [0.3, 0.4) is 0 Å².